The summed E-state index contributed by atoms with van der Waals surface area (Å²) in [6, 6.07) is 0. The highest BCUT2D eigenvalue weighted by molar-refractivity contribution is 6.43. The molecule has 0 atom stereocenters. The summed E-state index contributed by atoms with van der Waals surface area (Å²) in [7, 11) is 1.00. The normalized spacial score (nSPS) is 14.7. The first-order chi connectivity index (χ1) is 5.23. The maximum Gasteiger partial charge on any atom is 0.105 e. The van der Waals surface area contributed by atoms with Crippen molar-refractivity contribution in [3.05, 3.63) is 0 Å². The van der Waals surface area contributed by atoms with Crippen molar-refractivity contribution in [3.8, 4) is 0 Å². The summed E-state index contributed by atoms with van der Waals surface area (Å²) in [6.45, 7) is 3.70. The Balaban J connectivity index is 0. The smallest absolute Gasteiger partial charge is 0.105 e. The van der Waals surface area contributed by atoms with Crippen molar-refractivity contribution in [1.29, 1.82) is 0 Å². The summed E-state index contributed by atoms with van der Waals surface area (Å²) < 4.78 is 4.94. The first kappa shape index (κ1) is 14.0. The number of halogens is 2. The molecule has 0 spiro atoms. The molecular weight excluding hydrogens is 187 g/mol. The lowest BCUT2D eigenvalue weighted by molar-refractivity contribution is 0.198. The summed E-state index contributed by atoms with van der Waals surface area (Å²) >= 11 is 10.1. The van der Waals surface area contributed by atoms with Crippen molar-refractivity contribution in [3.63, 3.8) is 0 Å². The number of aliphatic hydroxyl groups is 1. The van der Waals surface area contributed by atoms with Gasteiger partial charge in [0.05, 0.1) is 0 Å². The van der Waals surface area contributed by atoms with Gasteiger partial charge in [-0.15, -0.1) is 23.2 Å². The minimum Gasteiger partial charge on any atom is -0.400 e. The lowest BCUT2D eigenvalue weighted by Gasteiger charge is -1.76. The van der Waals surface area contributed by atoms with E-state index < -0.39 is 0 Å². The molecule has 0 amide bonds. The van der Waals surface area contributed by atoms with Crippen molar-refractivity contribution < 1.29 is 9.84 Å². The molecule has 0 aliphatic carbocycles. The molecule has 1 aliphatic rings. The molecule has 0 saturated carbocycles. The maximum atomic E-state index is 7.00. The molecule has 1 fully saturated rings. The number of ether oxygens (including phenoxy) is 1. The molecule has 0 bridgehead atoms. The number of alkyl halides is 2. The molecular formula is C7H16Cl2O2. The molecule has 1 saturated heterocycles. The zero-order chi connectivity index (χ0) is 9.11. The number of aliphatic hydroxyl groups excluding tert-OH is 1. The molecule has 4 heteroatoms. The van der Waals surface area contributed by atoms with E-state index in [1.807, 2.05) is 0 Å². The highest BCUT2D eigenvalue weighted by Crippen LogP contribution is 1.98. The second-order valence-corrected chi connectivity index (χ2v) is 3.37. The van der Waals surface area contributed by atoms with Gasteiger partial charge in [-0.2, -0.15) is 0 Å². The Labute approximate surface area is 78.4 Å². The van der Waals surface area contributed by atoms with E-state index in [1.165, 1.54) is 12.8 Å². The lowest BCUT2D eigenvalue weighted by atomic mass is 10.4. The van der Waals surface area contributed by atoms with Gasteiger partial charge in [-0.1, -0.05) is 0 Å². The Morgan fingerprint density at radius 1 is 1.18 bits per heavy atom. The number of hydrogen-bond donors (Lipinski definition) is 1. The van der Waals surface area contributed by atoms with Crippen molar-refractivity contribution in [2.75, 3.05) is 20.3 Å². The van der Waals surface area contributed by atoms with Crippen LogP contribution in [-0.4, -0.2) is 30.3 Å². The minimum absolute atomic E-state index is 0.222. The van der Waals surface area contributed by atoms with E-state index in [0.29, 0.717) is 0 Å². The lowest BCUT2D eigenvalue weighted by Crippen LogP contribution is -1.74. The van der Waals surface area contributed by atoms with E-state index in [-0.39, 0.29) is 4.84 Å². The molecule has 2 nitrogen and oxygen atoms in total. The fourth-order valence-corrected chi connectivity index (χ4v) is 0.510. The van der Waals surface area contributed by atoms with Crippen molar-refractivity contribution in [2.45, 2.75) is 24.6 Å². The molecule has 1 N–H and O–H groups in total. The molecule has 0 aromatic rings. The van der Waals surface area contributed by atoms with Gasteiger partial charge in [-0.25, -0.2) is 0 Å². The molecule has 1 aliphatic heterocycles. The Kier molecular flexibility index (Phi) is 16.8. The number of hydrogen-bond acceptors (Lipinski definition) is 2. The van der Waals surface area contributed by atoms with Gasteiger partial charge < -0.3 is 9.84 Å². The van der Waals surface area contributed by atoms with Crippen LogP contribution < -0.4 is 0 Å². The highest BCUT2D eigenvalue weighted by Gasteiger charge is 1.94. The van der Waals surface area contributed by atoms with E-state index >= 15 is 0 Å². The summed E-state index contributed by atoms with van der Waals surface area (Å²) in [5.74, 6) is 0. The van der Waals surface area contributed by atoms with E-state index in [4.69, 9.17) is 33.0 Å². The standard InChI is InChI=1S/C4H8O.C2H4Cl2.CH4O/c1-2-4-5-3-1;1-2(3)4;1-2/h1-4H2;2H,1H3;2H,1H3. The van der Waals surface area contributed by atoms with E-state index in [2.05, 4.69) is 0 Å². The number of rotatable bonds is 0. The third kappa shape index (κ3) is 25.1. The van der Waals surface area contributed by atoms with E-state index in [1.54, 1.807) is 6.92 Å². The Morgan fingerprint density at radius 3 is 1.55 bits per heavy atom. The topological polar surface area (TPSA) is 29.5 Å². The molecule has 0 aromatic carbocycles. The van der Waals surface area contributed by atoms with Gasteiger partial charge >= 0.3 is 0 Å². The summed E-state index contributed by atoms with van der Waals surface area (Å²) in [5.41, 5.74) is 0. The van der Waals surface area contributed by atoms with Crippen LogP contribution in [-0.2, 0) is 4.74 Å². The van der Waals surface area contributed by atoms with Crippen LogP contribution in [0, 0.1) is 0 Å². The molecule has 0 radical (unpaired) electrons. The molecule has 70 valence electrons. The predicted octanol–water partition coefficient (Wildman–Crippen LogP) is 2.22. The van der Waals surface area contributed by atoms with Crippen LogP contribution in [0.2, 0.25) is 0 Å². The molecule has 1 rings (SSSR count). The van der Waals surface area contributed by atoms with Gasteiger partial charge in [0.1, 0.15) is 4.84 Å². The van der Waals surface area contributed by atoms with Crippen LogP contribution >= 0.6 is 23.2 Å². The van der Waals surface area contributed by atoms with Crippen LogP contribution in [0.4, 0.5) is 0 Å². The van der Waals surface area contributed by atoms with Crippen molar-refractivity contribution in [2.24, 2.45) is 0 Å². The van der Waals surface area contributed by atoms with Gasteiger partial charge in [0.15, 0.2) is 0 Å². The predicted molar refractivity (Wildman–Crippen MR) is 49.4 cm³/mol. The van der Waals surface area contributed by atoms with Crippen LogP contribution in [0.3, 0.4) is 0 Å². The third-order valence-electron chi connectivity index (χ3n) is 0.827. The molecule has 0 aromatic heterocycles. The average Bonchev–Trinajstić information content (AvgIpc) is 2.44. The SMILES string of the molecule is C1CCOC1.CC(Cl)Cl.CO. The van der Waals surface area contributed by atoms with Crippen LogP contribution in [0.25, 0.3) is 0 Å². The Bertz CT molecular complexity index is 46.0. The van der Waals surface area contributed by atoms with Crippen molar-refractivity contribution in [1.82, 2.24) is 0 Å². The van der Waals surface area contributed by atoms with Crippen LogP contribution in [0.1, 0.15) is 19.8 Å². The Morgan fingerprint density at radius 2 is 1.45 bits per heavy atom. The van der Waals surface area contributed by atoms with Gasteiger partial charge in [0, 0.05) is 20.3 Å². The first-order valence-electron chi connectivity index (χ1n) is 3.54. The quantitative estimate of drug-likeness (QED) is 0.611. The second kappa shape index (κ2) is 13.1. The summed E-state index contributed by atoms with van der Waals surface area (Å²) in [5, 5.41) is 7.00. The average molecular weight is 203 g/mol. The zero-order valence-electron chi connectivity index (χ0n) is 7.02. The second-order valence-electron chi connectivity index (χ2n) is 1.84. The van der Waals surface area contributed by atoms with Crippen LogP contribution in [0.15, 0.2) is 0 Å². The van der Waals surface area contributed by atoms with Gasteiger partial charge in [-0.3, -0.25) is 0 Å². The molecule has 11 heavy (non-hydrogen) atoms. The first-order valence-corrected chi connectivity index (χ1v) is 4.41. The highest BCUT2D eigenvalue weighted by atomic mass is 35.5. The zero-order valence-corrected chi connectivity index (χ0v) is 8.53. The summed E-state index contributed by atoms with van der Waals surface area (Å²) in [4.78, 5) is -0.222. The van der Waals surface area contributed by atoms with Gasteiger partial charge in [0.25, 0.3) is 0 Å². The van der Waals surface area contributed by atoms with Crippen molar-refractivity contribution >= 4 is 23.2 Å². The maximum absolute atomic E-state index is 7.00. The fourth-order valence-electron chi connectivity index (χ4n) is 0.510. The Hall–Kier alpha value is 0.500. The van der Waals surface area contributed by atoms with E-state index in [9.17, 15) is 0 Å². The fraction of sp³-hybridized carbons (Fsp3) is 1.00. The molecule has 0 unspecified atom stereocenters. The van der Waals surface area contributed by atoms with Gasteiger partial charge in [0.2, 0.25) is 0 Å². The minimum atomic E-state index is -0.222. The molecule has 1 heterocycles. The monoisotopic (exact) mass is 202 g/mol. The third-order valence-corrected chi connectivity index (χ3v) is 0.827. The van der Waals surface area contributed by atoms with Gasteiger partial charge in [-0.05, 0) is 19.8 Å². The van der Waals surface area contributed by atoms with E-state index in [0.717, 1.165) is 20.3 Å². The summed E-state index contributed by atoms with van der Waals surface area (Å²) in [6.07, 6.45) is 2.56. The van der Waals surface area contributed by atoms with Crippen LogP contribution in [0.5, 0.6) is 0 Å². The largest absolute Gasteiger partial charge is 0.400 e.